The number of halogens is 1. The lowest BCUT2D eigenvalue weighted by Crippen LogP contribution is -2.49. The highest BCUT2D eigenvalue weighted by Crippen LogP contribution is 2.25. The Morgan fingerprint density at radius 1 is 1.00 bits per heavy atom. The number of aromatic nitrogens is 3. The van der Waals surface area contributed by atoms with Gasteiger partial charge in [-0.2, -0.15) is 0 Å². The monoisotopic (exact) mass is 424 g/mol. The molecule has 0 radical (unpaired) electrons. The number of carbonyl (C=O) groups is 1. The van der Waals surface area contributed by atoms with Crippen molar-refractivity contribution in [3.63, 3.8) is 0 Å². The first-order valence-corrected chi connectivity index (χ1v) is 9.64. The molecule has 0 saturated carbocycles. The number of piperazine rings is 1. The van der Waals surface area contributed by atoms with Crippen LogP contribution in [0.4, 0.5) is 11.5 Å². The Hall–Kier alpha value is -3.59. The molecule has 0 bridgehead atoms. The van der Waals surface area contributed by atoms with Crippen LogP contribution in [-0.4, -0.2) is 57.1 Å². The van der Waals surface area contributed by atoms with Crippen LogP contribution in [0.1, 0.15) is 10.4 Å². The average Bonchev–Trinajstić information content (AvgIpc) is 2.79. The van der Waals surface area contributed by atoms with Crippen LogP contribution in [0.5, 0.6) is 0 Å². The van der Waals surface area contributed by atoms with Crippen LogP contribution in [0, 0.1) is 10.1 Å². The number of rotatable bonds is 4. The number of nitro benzene ring substituents is 1. The number of benzene rings is 1. The predicted octanol–water partition coefficient (Wildman–Crippen LogP) is 3.06. The van der Waals surface area contributed by atoms with Crippen molar-refractivity contribution >= 4 is 29.0 Å². The van der Waals surface area contributed by atoms with Gasteiger partial charge in [0, 0.05) is 44.5 Å². The molecule has 10 heteroatoms. The highest BCUT2D eigenvalue weighted by Gasteiger charge is 2.25. The maximum Gasteiger partial charge on any atom is 0.270 e. The third kappa shape index (κ3) is 4.06. The third-order valence-corrected chi connectivity index (χ3v) is 5.18. The molecule has 1 saturated heterocycles. The fourth-order valence-corrected chi connectivity index (χ4v) is 3.50. The largest absolute Gasteiger partial charge is 0.352 e. The van der Waals surface area contributed by atoms with Crippen molar-refractivity contribution in [2.45, 2.75) is 0 Å². The zero-order chi connectivity index (χ0) is 21.1. The van der Waals surface area contributed by atoms with Crippen molar-refractivity contribution in [1.29, 1.82) is 0 Å². The molecule has 1 amide bonds. The van der Waals surface area contributed by atoms with Gasteiger partial charge in [-0.1, -0.05) is 17.7 Å². The van der Waals surface area contributed by atoms with Gasteiger partial charge in [0.15, 0.2) is 5.82 Å². The molecule has 0 aliphatic carbocycles. The van der Waals surface area contributed by atoms with Crippen LogP contribution >= 0.6 is 11.6 Å². The minimum absolute atomic E-state index is 0.0765. The van der Waals surface area contributed by atoms with E-state index in [1.807, 2.05) is 30.3 Å². The van der Waals surface area contributed by atoms with Crippen LogP contribution in [0.3, 0.4) is 0 Å². The number of hydrogen-bond donors (Lipinski definition) is 0. The average molecular weight is 425 g/mol. The number of carbonyl (C=O) groups excluding carboxylic acids is 1. The molecular formula is C20H17ClN6O3. The van der Waals surface area contributed by atoms with Crippen LogP contribution in [0.25, 0.3) is 11.4 Å². The molecule has 0 N–H and O–H groups in total. The standard InChI is InChI=1S/C20H17ClN6O3/c21-16-13-14(27(29)30)4-5-15(16)20(28)26-11-9-25(10-12-26)19-7-6-18(23-24-19)17-3-1-2-8-22-17/h1-8,13H,9-12H2. The van der Waals surface area contributed by atoms with Gasteiger partial charge in [0.2, 0.25) is 0 Å². The first-order valence-electron chi connectivity index (χ1n) is 9.26. The Morgan fingerprint density at radius 3 is 2.40 bits per heavy atom. The predicted molar refractivity (Wildman–Crippen MR) is 111 cm³/mol. The molecule has 152 valence electrons. The minimum Gasteiger partial charge on any atom is -0.352 e. The zero-order valence-electron chi connectivity index (χ0n) is 15.8. The van der Waals surface area contributed by atoms with Crippen molar-refractivity contribution in [3.05, 3.63) is 75.4 Å². The van der Waals surface area contributed by atoms with Gasteiger partial charge in [0.1, 0.15) is 5.69 Å². The summed E-state index contributed by atoms with van der Waals surface area (Å²) in [6.45, 7) is 2.15. The summed E-state index contributed by atoms with van der Waals surface area (Å²) in [6.07, 6.45) is 1.71. The lowest BCUT2D eigenvalue weighted by Gasteiger charge is -2.35. The highest BCUT2D eigenvalue weighted by molar-refractivity contribution is 6.34. The van der Waals surface area contributed by atoms with Crippen LogP contribution in [0.2, 0.25) is 5.02 Å². The Bertz CT molecular complexity index is 1070. The molecule has 1 aromatic carbocycles. The molecule has 3 heterocycles. The summed E-state index contributed by atoms with van der Waals surface area (Å²) >= 11 is 6.09. The van der Waals surface area contributed by atoms with E-state index in [4.69, 9.17) is 11.6 Å². The molecule has 3 aromatic rings. The quantitative estimate of drug-likeness (QED) is 0.468. The molecular weight excluding hydrogens is 408 g/mol. The van der Waals surface area contributed by atoms with E-state index in [1.54, 1.807) is 11.1 Å². The summed E-state index contributed by atoms with van der Waals surface area (Å²) in [5.41, 5.74) is 1.57. The molecule has 1 aliphatic rings. The molecule has 0 unspecified atom stereocenters. The van der Waals surface area contributed by atoms with Gasteiger partial charge < -0.3 is 9.80 Å². The van der Waals surface area contributed by atoms with Gasteiger partial charge in [-0.05, 0) is 30.3 Å². The van der Waals surface area contributed by atoms with E-state index >= 15 is 0 Å². The van der Waals surface area contributed by atoms with E-state index < -0.39 is 4.92 Å². The lowest BCUT2D eigenvalue weighted by atomic mass is 10.1. The summed E-state index contributed by atoms with van der Waals surface area (Å²) < 4.78 is 0. The van der Waals surface area contributed by atoms with Crippen LogP contribution in [0.15, 0.2) is 54.7 Å². The van der Waals surface area contributed by atoms with Gasteiger partial charge >= 0.3 is 0 Å². The van der Waals surface area contributed by atoms with Crippen molar-refractivity contribution in [2.75, 3.05) is 31.1 Å². The Balaban J connectivity index is 1.40. The Kier molecular flexibility index (Phi) is 5.53. The van der Waals surface area contributed by atoms with Gasteiger partial charge in [-0.25, -0.2) is 0 Å². The smallest absolute Gasteiger partial charge is 0.270 e. The number of nitrogens with zero attached hydrogens (tertiary/aromatic N) is 6. The van der Waals surface area contributed by atoms with Gasteiger partial charge in [0.05, 0.1) is 21.2 Å². The molecule has 1 aliphatic heterocycles. The first kappa shape index (κ1) is 19.7. The maximum absolute atomic E-state index is 12.8. The van der Waals surface area contributed by atoms with E-state index in [0.29, 0.717) is 31.9 Å². The van der Waals surface area contributed by atoms with Crippen molar-refractivity contribution in [3.8, 4) is 11.4 Å². The van der Waals surface area contributed by atoms with E-state index in [1.165, 1.54) is 18.2 Å². The van der Waals surface area contributed by atoms with Gasteiger partial charge in [-0.3, -0.25) is 19.9 Å². The number of pyridine rings is 1. The molecule has 0 spiro atoms. The molecule has 2 aromatic heterocycles. The SMILES string of the molecule is O=C(c1ccc([N+](=O)[O-])cc1Cl)N1CCN(c2ccc(-c3ccccn3)nn2)CC1. The van der Waals surface area contributed by atoms with Crippen molar-refractivity contribution < 1.29 is 9.72 Å². The fourth-order valence-electron chi connectivity index (χ4n) is 3.24. The zero-order valence-corrected chi connectivity index (χ0v) is 16.6. The second-order valence-corrected chi connectivity index (χ2v) is 7.10. The summed E-state index contributed by atoms with van der Waals surface area (Å²) in [6, 6.07) is 13.3. The van der Waals surface area contributed by atoms with Crippen LogP contribution < -0.4 is 4.90 Å². The minimum atomic E-state index is -0.543. The molecule has 1 fully saturated rings. The lowest BCUT2D eigenvalue weighted by molar-refractivity contribution is -0.384. The van der Waals surface area contributed by atoms with E-state index in [9.17, 15) is 14.9 Å². The first-order chi connectivity index (χ1) is 14.5. The van der Waals surface area contributed by atoms with E-state index in [-0.39, 0.29) is 22.2 Å². The van der Waals surface area contributed by atoms with E-state index in [0.717, 1.165) is 11.5 Å². The van der Waals surface area contributed by atoms with Crippen molar-refractivity contribution in [2.24, 2.45) is 0 Å². The Labute approximate surface area is 177 Å². The summed E-state index contributed by atoms with van der Waals surface area (Å²) in [5.74, 6) is 0.487. The number of nitro groups is 1. The fraction of sp³-hybridized carbons (Fsp3) is 0.200. The molecule has 30 heavy (non-hydrogen) atoms. The normalized spacial score (nSPS) is 13.9. The second-order valence-electron chi connectivity index (χ2n) is 6.69. The molecule has 0 atom stereocenters. The van der Waals surface area contributed by atoms with E-state index in [2.05, 4.69) is 20.1 Å². The number of amides is 1. The van der Waals surface area contributed by atoms with Gasteiger partial charge in [-0.15, -0.1) is 10.2 Å². The Morgan fingerprint density at radius 2 is 1.80 bits per heavy atom. The third-order valence-electron chi connectivity index (χ3n) is 4.86. The number of hydrogen-bond acceptors (Lipinski definition) is 7. The number of anilines is 1. The maximum atomic E-state index is 12.8. The van der Waals surface area contributed by atoms with Crippen molar-refractivity contribution in [1.82, 2.24) is 20.1 Å². The summed E-state index contributed by atoms with van der Waals surface area (Å²) in [5, 5.41) is 19.5. The summed E-state index contributed by atoms with van der Waals surface area (Å²) in [4.78, 5) is 31.1. The molecule has 9 nitrogen and oxygen atoms in total. The highest BCUT2D eigenvalue weighted by atomic mass is 35.5. The van der Waals surface area contributed by atoms with Gasteiger partial charge in [0.25, 0.3) is 11.6 Å². The number of non-ortho nitro benzene ring substituents is 1. The topological polar surface area (TPSA) is 105 Å². The summed E-state index contributed by atoms with van der Waals surface area (Å²) in [7, 11) is 0. The second kappa shape index (κ2) is 8.42. The van der Waals surface area contributed by atoms with Crippen LogP contribution in [-0.2, 0) is 0 Å². The molecule has 4 rings (SSSR count).